The number of aromatic nitrogens is 2. The van der Waals surface area contributed by atoms with Crippen molar-refractivity contribution in [3.05, 3.63) is 39.1 Å². The lowest BCUT2D eigenvalue weighted by Crippen LogP contribution is -2.15. The number of carbonyl (C=O) groups is 1. The number of nitrogens with one attached hydrogen (secondary N) is 1. The number of benzene rings is 1. The fourth-order valence-corrected chi connectivity index (χ4v) is 2.73. The molecule has 0 fully saturated rings. The molecule has 0 unspecified atom stereocenters. The molecule has 2 aromatic rings. The Bertz CT molecular complexity index is 666. The van der Waals surface area contributed by atoms with Crippen LogP contribution in [0, 0.1) is 5.82 Å². The van der Waals surface area contributed by atoms with Crippen LogP contribution in [0.1, 0.15) is 31.3 Å². The number of halogens is 2. The molecule has 0 aliphatic carbocycles. The molecule has 112 valence electrons. The van der Waals surface area contributed by atoms with Gasteiger partial charge in [-0.3, -0.25) is 4.79 Å². The Balaban J connectivity index is 2.03. The predicted octanol–water partition coefficient (Wildman–Crippen LogP) is 3.92. The van der Waals surface area contributed by atoms with E-state index in [0.29, 0.717) is 15.2 Å². The van der Waals surface area contributed by atoms with Gasteiger partial charge < -0.3 is 5.32 Å². The van der Waals surface area contributed by atoms with E-state index in [1.165, 1.54) is 17.4 Å². The second kappa shape index (κ2) is 6.19. The van der Waals surface area contributed by atoms with Gasteiger partial charge >= 0.3 is 0 Å². The Morgan fingerprint density at radius 3 is 2.67 bits per heavy atom. The molecule has 0 spiro atoms. The summed E-state index contributed by atoms with van der Waals surface area (Å²) in [7, 11) is 0. The summed E-state index contributed by atoms with van der Waals surface area (Å²) in [5, 5.41) is 11.9. The number of hydrogen-bond acceptors (Lipinski definition) is 4. The summed E-state index contributed by atoms with van der Waals surface area (Å²) in [5.74, 6) is -0.722. The highest BCUT2D eigenvalue weighted by Crippen LogP contribution is 2.27. The minimum absolute atomic E-state index is 0.0382. The second-order valence-corrected chi connectivity index (χ2v) is 7.52. The van der Waals surface area contributed by atoms with Gasteiger partial charge in [-0.05, 0) is 17.7 Å². The van der Waals surface area contributed by atoms with E-state index in [0.717, 1.165) is 5.01 Å². The SMILES string of the molecule is CC(C)(C)c1nnc(NC(=O)Cc2ccc(Br)cc2F)s1. The molecule has 0 aliphatic heterocycles. The first-order valence-corrected chi connectivity index (χ1v) is 7.94. The molecule has 0 saturated heterocycles. The van der Waals surface area contributed by atoms with Crippen molar-refractivity contribution in [2.45, 2.75) is 32.6 Å². The van der Waals surface area contributed by atoms with E-state index in [4.69, 9.17) is 0 Å². The fourth-order valence-electron chi connectivity index (χ4n) is 1.58. The first kappa shape index (κ1) is 16.0. The van der Waals surface area contributed by atoms with Crippen molar-refractivity contribution < 1.29 is 9.18 Å². The van der Waals surface area contributed by atoms with Crippen LogP contribution in [0.3, 0.4) is 0 Å². The van der Waals surface area contributed by atoms with E-state index in [1.54, 1.807) is 12.1 Å². The average molecular weight is 372 g/mol. The number of rotatable bonds is 3. The molecule has 0 aliphatic rings. The number of nitrogens with zero attached hydrogens (tertiary/aromatic N) is 2. The summed E-state index contributed by atoms with van der Waals surface area (Å²) in [5.41, 5.74) is 0.231. The van der Waals surface area contributed by atoms with E-state index in [9.17, 15) is 9.18 Å². The molecule has 4 nitrogen and oxygen atoms in total. The van der Waals surface area contributed by atoms with Crippen molar-refractivity contribution >= 4 is 38.3 Å². The summed E-state index contributed by atoms with van der Waals surface area (Å²) in [6.07, 6.45) is -0.0382. The molecular weight excluding hydrogens is 357 g/mol. The molecule has 2 rings (SSSR count). The first-order valence-electron chi connectivity index (χ1n) is 6.33. The molecule has 1 heterocycles. The zero-order chi connectivity index (χ0) is 15.6. The highest BCUT2D eigenvalue weighted by atomic mass is 79.9. The standard InChI is InChI=1S/C14H15BrFN3OS/c1-14(2,3)12-18-19-13(21-12)17-11(20)6-8-4-5-9(15)7-10(8)16/h4-5,7H,6H2,1-3H3,(H,17,19,20). The van der Waals surface area contributed by atoms with Crippen molar-refractivity contribution in [2.75, 3.05) is 5.32 Å². The number of amides is 1. The first-order chi connectivity index (χ1) is 9.75. The summed E-state index contributed by atoms with van der Waals surface area (Å²) in [6, 6.07) is 4.62. The zero-order valence-corrected chi connectivity index (χ0v) is 14.3. The Morgan fingerprint density at radius 2 is 2.10 bits per heavy atom. The third-order valence-corrected chi connectivity index (χ3v) is 4.44. The van der Waals surface area contributed by atoms with Gasteiger partial charge in [0.1, 0.15) is 10.8 Å². The molecule has 0 radical (unpaired) electrons. The van der Waals surface area contributed by atoms with Crippen molar-refractivity contribution in [3.8, 4) is 0 Å². The van der Waals surface area contributed by atoms with Crippen LogP contribution in [0.15, 0.2) is 22.7 Å². The predicted molar refractivity (Wildman–Crippen MR) is 85.0 cm³/mol. The Kier molecular flexibility index (Phi) is 4.73. The van der Waals surface area contributed by atoms with Gasteiger partial charge in [-0.1, -0.05) is 54.1 Å². The van der Waals surface area contributed by atoms with Gasteiger partial charge in [0.05, 0.1) is 6.42 Å². The zero-order valence-electron chi connectivity index (χ0n) is 11.9. The van der Waals surface area contributed by atoms with E-state index in [2.05, 4.69) is 31.4 Å². The van der Waals surface area contributed by atoms with E-state index < -0.39 is 5.82 Å². The summed E-state index contributed by atoms with van der Waals surface area (Å²) < 4.78 is 14.3. The third-order valence-electron chi connectivity index (χ3n) is 2.68. The maximum Gasteiger partial charge on any atom is 0.230 e. The van der Waals surface area contributed by atoms with Crippen LogP contribution in [-0.2, 0) is 16.6 Å². The molecule has 21 heavy (non-hydrogen) atoms. The molecule has 1 N–H and O–H groups in total. The van der Waals surface area contributed by atoms with Gasteiger partial charge in [0, 0.05) is 9.89 Å². The highest BCUT2D eigenvalue weighted by Gasteiger charge is 2.20. The van der Waals surface area contributed by atoms with Gasteiger partial charge in [-0.2, -0.15) is 0 Å². The van der Waals surface area contributed by atoms with Crippen LogP contribution < -0.4 is 5.32 Å². The van der Waals surface area contributed by atoms with E-state index in [1.807, 2.05) is 20.8 Å². The Hall–Kier alpha value is -1.34. The van der Waals surface area contributed by atoms with Gasteiger partial charge in [-0.25, -0.2) is 4.39 Å². The van der Waals surface area contributed by atoms with E-state index >= 15 is 0 Å². The van der Waals surface area contributed by atoms with Crippen molar-refractivity contribution in [3.63, 3.8) is 0 Å². The monoisotopic (exact) mass is 371 g/mol. The molecule has 1 amide bonds. The molecule has 1 aromatic heterocycles. The molecule has 0 atom stereocenters. The number of anilines is 1. The van der Waals surface area contributed by atoms with Gasteiger partial charge in [-0.15, -0.1) is 10.2 Å². The lowest BCUT2D eigenvalue weighted by molar-refractivity contribution is -0.115. The smallest absolute Gasteiger partial charge is 0.230 e. The van der Waals surface area contributed by atoms with Crippen molar-refractivity contribution in [2.24, 2.45) is 0 Å². The summed E-state index contributed by atoms with van der Waals surface area (Å²) >= 11 is 4.51. The Labute approximate surface area is 134 Å². The molecule has 1 aromatic carbocycles. The van der Waals surface area contributed by atoms with Gasteiger partial charge in [0.15, 0.2) is 0 Å². The van der Waals surface area contributed by atoms with Crippen molar-refractivity contribution in [1.29, 1.82) is 0 Å². The topological polar surface area (TPSA) is 54.9 Å². The summed E-state index contributed by atoms with van der Waals surface area (Å²) in [6.45, 7) is 6.07. The minimum Gasteiger partial charge on any atom is -0.300 e. The van der Waals surface area contributed by atoms with Crippen LogP contribution in [0.25, 0.3) is 0 Å². The van der Waals surface area contributed by atoms with Crippen LogP contribution in [0.4, 0.5) is 9.52 Å². The van der Waals surface area contributed by atoms with Crippen molar-refractivity contribution in [1.82, 2.24) is 10.2 Å². The summed E-state index contributed by atoms with van der Waals surface area (Å²) in [4.78, 5) is 11.9. The van der Waals surface area contributed by atoms with E-state index in [-0.39, 0.29) is 17.7 Å². The lowest BCUT2D eigenvalue weighted by Gasteiger charge is -2.12. The Morgan fingerprint density at radius 1 is 1.38 bits per heavy atom. The third kappa shape index (κ3) is 4.31. The lowest BCUT2D eigenvalue weighted by atomic mass is 9.98. The van der Waals surface area contributed by atoms with Crippen LogP contribution in [0.5, 0.6) is 0 Å². The molecule has 0 saturated carbocycles. The number of hydrogen-bond donors (Lipinski definition) is 1. The van der Waals surface area contributed by atoms with Crippen LogP contribution >= 0.6 is 27.3 Å². The van der Waals surface area contributed by atoms with Crippen LogP contribution in [-0.4, -0.2) is 16.1 Å². The fraction of sp³-hybridized carbons (Fsp3) is 0.357. The molecule has 7 heteroatoms. The normalized spacial score (nSPS) is 11.5. The average Bonchev–Trinajstić information content (AvgIpc) is 2.81. The largest absolute Gasteiger partial charge is 0.300 e. The van der Waals surface area contributed by atoms with Gasteiger partial charge in [0.25, 0.3) is 0 Å². The van der Waals surface area contributed by atoms with Crippen LogP contribution in [0.2, 0.25) is 0 Å². The quantitative estimate of drug-likeness (QED) is 0.889. The molecular formula is C14H15BrFN3OS. The van der Waals surface area contributed by atoms with Gasteiger partial charge in [0.2, 0.25) is 11.0 Å². The molecule has 0 bridgehead atoms. The maximum absolute atomic E-state index is 13.7. The second-order valence-electron chi connectivity index (χ2n) is 5.62. The maximum atomic E-state index is 13.7. The highest BCUT2D eigenvalue weighted by molar-refractivity contribution is 9.10. The number of carbonyl (C=O) groups excluding carboxylic acids is 1. The minimum atomic E-state index is -0.410.